The van der Waals surface area contributed by atoms with Crippen LogP contribution in [0, 0.1) is 0 Å². The standard InChI is InChI=1S/C18H30N6O9/c1-8(15(29)24-11(18(32)33)3-6-13(21)26)22-17(31)10(4-7-14(27)28)23-16(30)9(19)2-5-12(20)25/h8-11H,2-7,19H2,1H3,(H2,20,25)(H2,21,26)(H,22,31)(H,23,30)(H,24,29)(H,27,28)(H,32,33). The number of rotatable bonds is 16. The number of hydrogen-bond acceptors (Lipinski definition) is 8. The summed E-state index contributed by atoms with van der Waals surface area (Å²) in [4.78, 5) is 80.7. The molecule has 0 heterocycles. The van der Waals surface area contributed by atoms with E-state index in [0.29, 0.717) is 0 Å². The molecule has 0 saturated heterocycles. The number of carbonyl (C=O) groups is 7. The van der Waals surface area contributed by atoms with Gasteiger partial charge in [0.1, 0.15) is 18.1 Å². The Morgan fingerprint density at radius 1 is 0.697 bits per heavy atom. The third-order valence-electron chi connectivity index (χ3n) is 4.36. The van der Waals surface area contributed by atoms with E-state index in [-0.39, 0.29) is 32.1 Å². The normalized spacial score (nSPS) is 14.1. The topological polar surface area (TPSA) is 274 Å². The second-order valence-corrected chi connectivity index (χ2v) is 7.24. The van der Waals surface area contributed by atoms with E-state index in [4.69, 9.17) is 27.4 Å². The molecule has 186 valence electrons. The summed E-state index contributed by atoms with van der Waals surface area (Å²) in [5, 5.41) is 24.7. The van der Waals surface area contributed by atoms with E-state index in [1.165, 1.54) is 6.92 Å². The molecule has 0 aliphatic rings. The van der Waals surface area contributed by atoms with Crippen LogP contribution in [0.4, 0.5) is 0 Å². The van der Waals surface area contributed by atoms with Crippen LogP contribution in [0.15, 0.2) is 0 Å². The average molecular weight is 474 g/mol. The summed E-state index contributed by atoms with van der Waals surface area (Å²) in [5.41, 5.74) is 15.6. The summed E-state index contributed by atoms with van der Waals surface area (Å²) < 4.78 is 0. The largest absolute Gasteiger partial charge is 0.481 e. The van der Waals surface area contributed by atoms with Gasteiger partial charge in [0.25, 0.3) is 0 Å². The van der Waals surface area contributed by atoms with Crippen LogP contribution in [0.25, 0.3) is 0 Å². The van der Waals surface area contributed by atoms with Gasteiger partial charge in [0, 0.05) is 19.3 Å². The summed E-state index contributed by atoms with van der Waals surface area (Å²) in [6.07, 6.45) is -1.67. The monoisotopic (exact) mass is 474 g/mol. The average Bonchev–Trinajstić information content (AvgIpc) is 2.70. The zero-order chi connectivity index (χ0) is 25.7. The van der Waals surface area contributed by atoms with Gasteiger partial charge in [-0.3, -0.25) is 28.8 Å². The molecule has 0 aliphatic heterocycles. The molecule has 0 aromatic carbocycles. The van der Waals surface area contributed by atoms with Crippen molar-refractivity contribution in [2.75, 3.05) is 0 Å². The fraction of sp³-hybridized carbons (Fsp3) is 0.611. The summed E-state index contributed by atoms with van der Waals surface area (Å²) in [7, 11) is 0. The van der Waals surface area contributed by atoms with E-state index < -0.39 is 72.1 Å². The van der Waals surface area contributed by atoms with Gasteiger partial charge in [-0.1, -0.05) is 0 Å². The van der Waals surface area contributed by atoms with E-state index in [1.807, 2.05) is 0 Å². The molecule has 0 spiro atoms. The molecule has 5 amide bonds. The molecule has 0 aromatic heterocycles. The molecule has 0 fully saturated rings. The summed E-state index contributed by atoms with van der Waals surface area (Å²) >= 11 is 0. The molecule has 4 unspecified atom stereocenters. The Morgan fingerprint density at radius 2 is 1.18 bits per heavy atom. The minimum Gasteiger partial charge on any atom is -0.481 e. The summed E-state index contributed by atoms with van der Waals surface area (Å²) in [6, 6.07) is -5.29. The second kappa shape index (κ2) is 14.3. The number of nitrogens with two attached hydrogens (primary N) is 3. The van der Waals surface area contributed by atoms with Gasteiger partial charge in [-0.25, -0.2) is 4.79 Å². The van der Waals surface area contributed by atoms with Crippen molar-refractivity contribution in [3.05, 3.63) is 0 Å². The molecule has 11 N–H and O–H groups in total. The molecule has 15 nitrogen and oxygen atoms in total. The van der Waals surface area contributed by atoms with E-state index in [1.54, 1.807) is 0 Å². The molecule has 0 bridgehead atoms. The van der Waals surface area contributed by atoms with Gasteiger partial charge in [0.2, 0.25) is 29.5 Å². The zero-order valence-corrected chi connectivity index (χ0v) is 18.0. The molecule has 4 atom stereocenters. The Labute approximate surface area is 188 Å². The maximum absolute atomic E-state index is 12.5. The van der Waals surface area contributed by atoms with Gasteiger partial charge in [0.05, 0.1) is 6.04 Å². The van der Waals surface area contributed by atoms with Crippen LogP contribution in [0.3, 0.4) is 0 Å². The number of carbonyl (C=O) groups excluding carboxylic acids is 5. The molecule has 0 aromatic rings. The lowest BCUT2D eigenvalue weighted by Crippen LogP contribution is -2.56. The number of carboxylic acids is 2. The van der Waals surface area contributed by atoms with Crippen molar-refractivity contribution in [3.63, 3.8) is 0 Å². The number of hydrogen-bond donors (Lipinski definition) is 8. The van der Waals surface area contributed by atoms with Crippen LogP contribution in [0.5, 0.6) is 0 Å². The van der Waals surface area contributed by atoms with Crippen molar-refractivity contribution < 1.29 is 43.8 Å². The fourth-order valence-electron chi connectivity index (χ4n) is 2.46. The van der Waals surface area contributed by atoms with Crippen LogP contribution in [-0.4, -0.2) is 75.9 Å². The van der Waals surface area contributed by atoms with Crippen LogP contribution < -0.4 is 33.2 Å². The molecule has 0 saturated carbocycles. The van der Waals surface area contributed by atoms with Crippen LogP contribution in [0.1, 0.15) is 45.4 Å². The molecule has 0 radical (unpaired) electrons. The maximum atomic E-state index is 12.5. The van der Waals surface area contributed by atoms with Gasteiger partial charge in [-0.2, -0.15) is 0 Å². The maximum Gasteiger partial charge on any atom is 0.326 e. The van der Waals surface area contributed by atoms with Crippen molar-refractivity contribution in [3.8, 4) is 0 Å². The highest BCUT2D eigenvalue weighted by molar-refractivity contribution is 5.94. The van der Waals surface area contributed by atoms with Crippen LogP contribution in [-0.2, 0) is 33.6 Å². The first-order chi connectivity index (χ1) is 15.2. The molecule has 15 heteroatoms. The van der Waals surface area contributed by atoms with E-state index in [2.05, 4.69) is 16.0 Å². The summed E-state index contributed by atoms with van der Waals surface area (Å²) in [5.74, 6) is -6.77. The highest BCUT2D eigenvalue weighted by Crippen LogP contribution is 2.03. The van der Waals surface area contributed by atoms with Crippen LogP contribution >= 0.6 is 0 Å². The van der Waals surface area contributed by atoms with Crippen LogP contribution in [0.2, 0.25) is 0 Å². The number of nitrogens with one attached hydrogen (secondary N) is 3. The Kier molecular flexibility index (Phi) is 12.7. The van der Waals surface area contributed by atoms with Gasteiger partial charge in [-0.05, 0) is 26.2 Å². The summed E-state index contributed by atoms with van der Waals surface area (Å²) in [6.45, 7) is 1.23. The zero-order valence-electron chi connectivity index (χ0n) is 18.0. The molecule has 0 aliphatic carbocycles. The van der Waals surface area contributed by atoms with Crippen molar-refractivity contribution in [1.29, 1.82) is 0 Å². The SMILES string of the molecule is CC(NC(=O)C(CCC(=O)O)NC(=O)C(N)CCC(N)=O)C(=O)NC(CCC(N)=O)C(=O)O. The number of carboxylic acid groups (broad SMARTS) is 2. The van der Waals surface area contributed by atoms with Crippen molar-refractivity contribution >= 4 is 41.5 Å². The second-order valence-electron chi connectivity index (χ2n) is 7.24. The third-order valence-corrected chi connectivity index (χ3v) is 4.36. The van der Waals surface area contributed by atoms with Crippen molar-refractivity contribution in [2.24, 2.45) is 17.2 Å². The predicted octanol–water partition coefficient (Wildman–Crippen LogP) is -3.73. The lowest BCUT2D eigenvalue weighted by atomic mass is 10.1. The minimum absolute atomic E-state index is 0.102. The fourth-order valence-corrected chi connectivity index (χ4v) is 2.46. The predicted molar refractivity (Wildman–Crippen MR) is 111 cm³/mol. The van der Waals surface area contributed by atoms with Crippen molar-refractivity contribution in [1.82, 2.24) is 16.0 Å². The quantitative estimate of drug-likeness (QED) is 0.108. The van der Waals surface area contributed by atoms with Gasteiger partial charge >= 0.3 is 11.9 Å². The minimum atomic E-state index is -1.44. The number of aliphatic carboxylic acids is 2. The highest BCUT2D eigenvalue weighted by Gasteiger charge is 2.28. The molecular formula is C18H30N6O9. The Bertz CT molecular complexity index is 773. The highest BCUT2D eigenvalue weighted by atomic mass is 16.4. The van der Waals surface area contributed by atoms with E-state index in [9.17, 15) is 33.6 Å². The van der Waals surface area contributed by atoms with E-state index >= 15 is 0 Å². The molecular weight excluding hydrogens is 444 g/mol. The van der Waals surface area contributed by atoms with Gasteiger partial charge < -0.3 is 43.4 Å². The third kappa shape index (κ3) is 12.6. The first kappa shape index (κ1) is 29.2. The lowest BCUT2D eigenvalue weighted by Gasteiger charge is -2.23. The Morgan fingerprint density at radius 3 is 1.67 bits per heavy atom. The first-order valence-corrected chi connectivity index (χ1v) is 9.92. The molecule has 0 rings (SSSR count). The first-order valence-electron chi connectivity index (χ1n) is 9.92. The Balaban J connectivity index is 5.13. The smallest absolute Gasteiger partial charge is 0.326 e. The lowest BCUT2D eigenvalue weighted by molar-refractivity contribution is -0.142. The van der Waals surface area contributed by atoms with Crippen molar-refractivity contribution in [2.45, 2.75) is 69.6 Å². The number of primary amides is 2. The van der Waals surface area contributed by atoms with Gasteiger partial charge in [0.15, 0.2) is 0 Å². The molecule has 33 heavy (non-hydrogen) atoms. The Hall–Kier alpha value is -3.75. The number of amides is 5. The van der Waals surface area contributed by atoms with Gasteiger partial charge in [-0.15, -0.1) is 0 Å². The van der Waals surface area contributed by atoms with E-state index in [0.717, 1.165) is 0 Å².